The Kier molecular flexibility index (Phi) is 3.41. The van der Waals surface area contributed by atoms with Gasteiger partial charge in [-0.05, 0) is 12.1 Å². The van der Waals surface area contributed by atoms with Crippen LogP contribution in [0.2, 0.25) is 0 Å². The maximum absolute atomic E-state index is 11.3. The topological polar surface area (TPSA) is 34.5 Å². The number of aromatic nitrogens is 1. The van der Waals surface area contributed by atoms with E-state index in [0.717, 1.165) is 38.5 Å². The monoisotopic (exact) mass is 222 g/mol. The molecule has 1 aliphatic rings. The van der Waals surface area contributed by atoms with Gasteiger partial charge in [0.15, 0.2) is 5.78 Å². The van der Waals surface area contributed by atoms with Crippen LogP contribution in [0, 0.1) is 0 Å². The Morgan fingerprint density at radius 2 is 2.06 bits per heavy atom. The molecule has 4 heteroatoms. The highest BCUT2D eigenvalue weighted by Gasteiger charge is 2.14. The Hall–Kier alpha value is -1.13. The van der Waals surface area contributed by atoms with E-state index in [-0.39, 0.29) is 5.78 Å². The Balaban J connectivity index is 2.06. The fourth-order valence-electron chi connectivity index (χ4n) is 2.05. The fourth-order valence-corrected chi connectivity index (χ4v) is 2.05. The van der Waals surface area contributed by atoms with Gasteiger partial charge < -0.3 is 9.30 Å². The van der Waals surface area contributed by atoms with Gasteiger partial charge in [-0.2, -0.15) is 0 Å². The third-order valence-corrected chi connectivity index (χ3v) is 3.08. The largest absolute Gasteiger partial charge is 0.379 e. The van der Waals surface area contributed by atoms with E-state index in [0.29, 0.717) is 0 Å². The summed E-state index contributed by atoms with van der Waals surface area (Å²) in [5.74, 6) is 0.121. The van der Waals surface area contributed by atoms with Crippen LogP contribution in [0.25, 0.3) is 0 Å². The summed E-state index contributed by atoms with van der Waals surface area (Å²) in [5, 5.41) is 0. The molecular formula is C12H18N2O2. The summed E-state index contributed by atoms with van der Waals surface area (Å²) in [7, 11) is 1.95. The minimum atomic E-state index is 0.121. The van der Waals surface area contributed by atoms with E-state index in [4.69, 9.17) is 4.74 Å². The molecule has 1 aliphatic heterocycles. The normalized spacial score (nSPS) is 17.6. The summed E-state index contributed by atoms with van der Waals surface area (Å²) in [6.45, 7) is 6.07. The van der Waals surface area contributed by atoms with Gasteiger partial charge in [-0.3, -0.25) is 9.69 Å². The summed E-state index contributed by atoms with van der Waals surface area (Å²) in [5.41, 5.74) is 1.97. The molecule has 1 aromatic rings. The van der Waals surface area contributed by atoms with Gasteiger partial charge in [-0.15, -0.1) is 0 Å². The summed E-state index contributed by atoms with van der Waals surface area (Å²) in [6, 6.07) is 3.93. The van der Waals surface area contributed by atoms with Crippen LogP contribution in [0.1, 0.15) is 23.1 Å². The molecule has 0 amide bonds. The zero-order valence-electron chi connectivity index (χ0n) is 9.90. The Labute approximate surface area is 95.8 Å². The molecule has 0 radical (unpaired) electrons. The third kappa shape index (κ3) is 2.33. The fraction of sp³-hybridized carbons (Fsp3) is 0.583. The molecular weight excluding hydrogens is 204 g/mol. The predicted molar refractivity (Wildman–Crippen MR) is 61.5 cm³/mol. The van der Waals surface area contributed by atoms with E-state index >= 15 is 0 Å². The molecule has 0 bridgehead atoms. The first-order valence-corrected chi connectivity index (χ1v) is 5.64. The lowest BCUT2D eigenvalue weighted by Gasteiger charge is -2.26. The van der Waals surface area contributed by atoms with E-state index in [1.165, 1.54) is 5.69 Å². The SMILES string of the molecule is CC(=O)c1ccc(CN2CCOCC2)n1C. The first kappa shape index (κ1) is 11.4. The van der Waals surface area contributed by atoms with E-state index < -0.39 is 0 Å². The van der Waals surface area contributed by atoms with Crippen LogP contribution in [0.15, 0.2) is 12.1 Å². The molecule has 1 saturated heterocycles. The number of ketones is 1. The number of rotatable bonds is 3. The van der Waals surface area contributed by atoms with Crippen LogP contribution in [-0.2, 0) is 18.3 Å². The van der Waals surface area contributed by atoms with Gasteiger partial charge in [-0.25, -0.2) is 0 Å². The summed E-state index contributed by atoms with van der Waals surface area (Å²) >= 11 is 0. The quantitative estimate of drug-likeness (QED) is 0.717. The summed E-state index contributed by atoms with van der Waals surface area (Å²) in [4.78, 5) is 13.7. The van der Waals surface area contributed by atoms with Crippen molar-refractivity contribution in [2.24, 2.45) is 7.05 Å². The molecule has 0 aliphatic carbocycles. The number of morpholine rings is 1. The van der Waals surface area contributed by atoms with Gasteiger partial charge in [0.05, 0.1) is 18.9 Å². The molecule has 2 heterocycles. The molecule has 2 rings (SSSR count). The molecule has 0 saturated carbocycles. The summed E-state index contributed by atoms with van der Waals surface area (Å²) in [6.07, 6.45) is 0. The number of ether oxygens (including phenoxy) is 1. The highest BCUT2D eigenvalue weighted by atomic mass is 16.5. The third-order valence-electron chi connectivity index (χ3n) is 3.08. The van der Waals surface area contributed by atoms with Crippen LogP contribution in [0.4, 0.5) is 0 Å². The van der Waals surface area contributed by atoms with E-state index in [2.05, 4.69) is 4.90 Å². The molecule has 1 fully saturated rings. The van der Waals surface area contributed by atoms with Crippen molar-refractivity contribution >= 4 is 5.78 Å². The van der Waals surface area contributed by atoms with Crippen LogP contribution >= 0.6 is 0 Å². The number of hydrogen-bond donors (Lipinski definition) is 0. The second kappa shape index (κ2) is 4.80. The highest BCUT2D eigenvalue weighted by Crippen LogP contribution is 2.11. The van der Waals surface area contributed by atoms with Gasteiger partial charge in [0, 0.05) is 39.3 Å². The lowest BCUT2D eigenvalue weighted by molar-refractivity contribution is 0.0332. The molecule has 4 nitrogen and oxygen atoms in total. The van der Waals surface area contributed by atoms with Crippen molar-refractivity contribution in [3.05, 3.63) is 23.5 Å². The van der Waals surface area contributed by atoms with Crippen molar-refractivity contribution in [2.75, 3.05) is 26.3 Å². The number of carbonyl (C=O) groups is 1. The Morgan fingerprint density at radius 3 is 2.62 bits per heavy atom. The van der Waals surface area contributed by atoms with Crippen LogP contribution in [0.5, 0.6) is 0 Å². The molecule has 0 unspecified atom stereocenters. The minimum Gasteiger partial charge on any atom is -0.379 e. The first-order valence-electron chi connectivity index (χ1n) is 5.64. The predicted octanol–water partition coefficient (Wildman–Crippen LogP) is 1.06. The van der Waals surface area contributed by atoms with Crippen molar-refractivity contribution in [3.63, 3.8) is 0 Å². The van der Waals surface area contributed by atoms with Gasteiger partial charge in [0.2, 0.25) is 0 Å². The molecule has 0 N–H and O–H groups in total. The Morgan fingerprint density at radius 1 is 1.38 bits per heavy atom. The second-order valence-corrected chi connectivity index (χ2v) is 4.21. The minimum absolute atomic E-state index is 0.121. The zero-order valence-corrected chi connectivity index (χ0v) is 9.90. The highest BCUT2D eigenvalue weighted by molar-refractivity contribution is 5.92. The number of hydrogen-bond acceptors (Lipinski definition) is 3. The van der Waals surface area contributed by atoms with Crippen molar-refractivity contribution < 1.29 is 9.53 Å². The Bertz CT molecular complexity index is 378. The molecule has 0 atom stereocenters. The lowest BCUT2D eigenvalue weighted by atomic mass is 10.3. The molecule has 88 valence electrons. The smallest absolute Gasteiger partial charge is 0.176 e. The maximum Gasteiger partial charge on any atom is 0.176 e. The number of Topliss-reactive ketones (excluding diaryl/α,β-unsaturated/α-hetero) is 1. The van der Waals surface area contributed by atoms with E-state index in [1.807, 2.05) is 23.7 Å². The standard InChI is InChI=1S/C12H18N2O2/c1-10(15)12-4-3-11(13(12)2)9-14-5-7-16-8-6-14/h3-4H,5-9H2,1-2H3. The average Bonchev–Trinajstić information content (AvgIpc) is 2.62. The van der Waals surface area contributed by atoms with E-state index in [9.17, 15) is 4.79 Å². The molecule has 0 aromatic carbocycles. The molecule has 1 aromatic heterocycles. The number of carbonyl (C=O) groups excluding carboxylic acids is 1. The number of nitrogens with zero attached hydrogens (tertiary/aromatic N) is 2. The van der Waals surface area contributed by atoms with Crippen molar-refractivity contribution in [1.82, 2.24) is 9.47 Å². The summed E-state index contributed by atoms with van der Waals surface area (Å²) < 4.78 is 7.29. The van der Waals surface area contributed by atoms with Gasteiger partial charge in [0.25, 0.3) is 0 Å². The van der Waals surface area contributed by atoms with Crippen LogP contribution < -0.4 is 0 Å². The average molecular weight is 222 g/mol. The van der Waals surface area contributed by atoms with Crippen molar-refractivity contribution in [2.45, 2.75) is 13.5 Å². The molecule has 16 heavy (non-hydrogen) atoms. The lowest BCUT2D eigenvalue weighted by Crippen LogP contribution is -2.36. The van der Waals surface area contributed by atoms with Gasteiger partial charge >= 0.3 is 0 Å². The van der Waals surface area contributed by atoms with Crippen LogP contribution in [0.3, 0.4) is 0 Å². The first-order chi connectivity index (χ1) is 7.68. The van der Waals surface area contributed by atoms with E-state index in [1.54, 1.807) is 6.92 Å². The van der Waals surface area contributed by atoms with Gasteiger partial charge in [-0.1, -0.05) is 0 Å². The van der Waals surface area contributed by atoms with Crippen LogP contribution in [-0.4, -0.2) is 41.6 Å². The molecule has 0 spiro atoms. The second-order valence-electron chi connectivity index (χ2n) is 4.21. The zero-order chi connectivity index (χ0) is 11.5. The maximum atomic E-state index is 11.3. The van der Waals surface area contributed by atoms with Crippen molar-refractivity contribution in [1.29, 1.82) is 0 Å². The van der Waals surface area contributed by atoms with Gasteiger partial charge in [0.1, 0.15) is 0 Å². The van der Waals surface area contributed by atoms with Crippen molar-refractivity contribution in [3.8, 4) is 0 Å².